The maximum Gasteiger partial charge on any atom is 0.407 e. The lowest BCUT2D eigenvalue weighted by atomic mass is 10.1. The molecule has 0 radical (unpaired) electrons. The fourth-order valence-electron chi connectivity index (χ4n) is 15.7. The fraction of sp³-hybridized carbons (Fsp3) is 0.500. The zero-order valence-electron chi connectivity index (χ0n) is 86.1. The SMILES string of the molecule is C1CNCCN1.CC(C)(C)OC(=O)CCCBr.COc1cc2ncnc(Cl)c2cc1OC.COc1cc2ncnc(N3CCCCC3)c2cc1OC.COc1cc2ncnc(N3CCN(CCNC(=O)OC(C)(C)C)CC3)c2cc1OC.COc1cc2ncnc(N3CCN(CCNS(N)(=O)=O)CC3)c2cc1OC.COc1cc2ncnc(N3CCN(CC[NH3+])CC3)c2cc1OC.NS(=O)(=O)Oc1ccc([N+](=O)[O-])cc1.[Cl-]. The normalized spacial score (nSPS) is 14.5. The lowest BCUT2D eigenvalue weighted by Crippen LogP contribution is -3.00. The number of non-ortho nitro benzene ring substituents is 1. The van der Waals surface area contributed by atoms with Crippen molar-refractivity contribution >= 4 is 144 Å². The highest BCUT2D eigenvalue weighted by atomic mass is 79.9. The summed E-state index contributed by atoms with van der Waals surface area (Å²) in [7, 11) is 8.41. The standard InChI is InChI=1S/C21H31N5O4.C16H24N6O4S.C16H23N5O2.C15H19N3O2.C10H9ClN2O2.C8H15BrO2.C6H6N2O5S.C4H10N2.ClH/c1-21(2,3)30-20(27)22-6-7-25-8-10-26(11-9-25)19-15-12-17(28-4)18(29-5)13-16(15)23-14-24-19;1-25-14-9-12-13(10-15(14)26-2)18-11-19-16(12)22-7-5-21(6-8-22)4-3-20-27(17,23)24;1-22-14-9-12-13(10-15(14)23-2)18-11-19-16(12)21-7-5-20(4-3-17)6-8-21;1-19-13-8-11-12(9-14(13)20-2)16-10-17-15(11)18-6-4-3-5-7-18;1-14-8-3-6-7(4-9(8)15-2)12-5-13-10(6)11;1-8(2,3)11-7(10)5-4-6-9;7-14(11,12)13-6-3-1-5(2-4-6)8(9)10;1-2-6-4-3-5-1;/h12-14H,6-11H2,1-5H3,(H,22,27);9-11,20H,3-8H2,1-2H3,(H2,17,23,24);9-11H,3-8,17H2,1-2H3;8-10H,3-7H2,1-2H3;3-5H,1-2H3;4-6H2,1-3H3;1-4H,(H2,7,11,12);5-6H,1-4H2;1H. The molecule has 0 aliphatic carbocycles. The van der Waals surface area contributed by atoms with Crippen molar-refractivity contribution in [1.82, 2.24) is 85.2 Å². The predicted octanol–water partition coefficient (Wildman–Crippen LogP) is 5.67. The van der Waals surface area contributed by atoms with Gasteiger partial charge in [-0.3, -0.25) is 29.6 Å². The number of nitrogens with zero attached hydrogens (tertiary/aromatic N) is 18. The number of ether oxygens (including phenoxy) is 12. The van der Waals surface area contributed by atoms with Gasteiger partial charge in [0.1, 0.15) is 77.0 Å². The number of aromatic nitrogens is 10. The van der Waals surface area contributed by atoms with Crippen LogP contribution < -0.4 is 120 Å². The number of hydrogen-bond donors (Lipinski definition) is 7. The molecule has 147 heavy (non-hydrogen) atoms. The Balaban J connectivity index is 0.000000211. The van der Waals surface area contributed by atoms with Crippen LogP contribution in [0.4, 0.5) is 33.8 Å². The molecule has 46 nitrogen and oxygen atoms in total. The van der Waals surface area contributed by atoms with E-state index in [1.165, 1.54) is 25.6 Å². The Kier molecular flexibility index (Phi) is 48.7. The molecule has 0 spiro atoms. The first kappa shape index (κ1) is 120. The number of carbonyl (C=O) groups is 2. The van der Waals surface area contributed by atoms with E-state index in [2.05, 4.69) is 136 Å². The van der Waals surface area contributed by atoms with Gasteiger partial charge in [-0.15, -0.1) is 0 Å². The highest BCUT2D eigenvalue weighted by Crippen LogP contribution is 2.41. The van der Waals surface area contributed by atoms with Crippen molar-refractivity contribution in [3.05, 3.63) is 132 Å². The number of rotatable bonds is 29. The number of piperazine rings is 4. The Morgan fingerprint density at radius 1 is 0.442 bits per heavy atom. The molecule has 0 bridgehead atoms. The van der Waals surface area contributed by atoms with Crippen LogP contribution in [0.25, 0.3) is 54.5 Å². The third-order valence-electron chi connectivity index (χ3n) is 22.7. The molecule has 6 aromatic carbocycles. The summed E-state index contributed by atoms with van der Waals surface area (Å²) in [6.07, 6.45) is 12.5. The Morgan fingerprint density at radius 2 is 0.748 bits per heavy atom. The first-order valence-corrected chi connectivity index (χ1v) is 51.8. The second-order valence-corrected chi connectivity index (χ2v) is 38.7. The third-order valence-corrected chi connectivity index (χ3v) is 24.6. The van der Waals surface area contributed by atoms with Gasteiger partial charge in [-0.2, -0.15) is 22.0 Å². The van der Waals surface area contributed by atoms with E-state index in [0.717, 1.165) is 251 Å². The number of amides is 1. The van der Waals surface area contributed by atoms with Crippen LogP contribution in [-0.4, -0.2) is 343 Å². The molecule has 11 aromatic rings. The van der Waals surface area contributed by atoms with E-state index in [4.69, 9.17) is 73.6 Å². The molecule has 10 heterocycles. The van der Waals surface area contributed by atoms with Gasteiger partial charge in [0.05, 0.1) is 110 Å². The number of fused-ring (bicyclic) bond motifs is 5. The average Bonchev–Trinajstić information content (AvgIpc) is 0.799. The topological polar surface area (TPSA) is 545 Å². The number of piperidine rings is 1. The number of nitro groups is 1. The minimum atomic E-state index is -4.08. The summed E-state index contributed by atoms with van der Waals surface area (Å²) >= 11 is 9.18. The number of hydrogen-bond acceptors (Lipinski definition) is 40. The molecular weight excluding hydrogens is 2050 g/mol. The van der Waals surface area contributed by atoms with Crippen molar-refractivity contribution < 1.29 is 111 Å². The number of quaternary nitrogens is 1. The largest absolute Gasteiger partial charge is 1.00 e. The molecule has 5 saturated heterocycles. The molecule has 11 N–H and O–H groups in total. The molecule has 1 amide bonds. The highest BCUT2D eigenvalue weighted by Gasteiger charge is 2.28. The number of alkyl halides is 1. The van der Waals surface area contributed by atoms with E-state index in [0.29, 0.717) is 88.7 Å². The number of nitrogens with two attached hydrogens (primary N) is 2. The van der Waals surface area contributed by atoms with Crippen molar-refractivity contribution in [3.63, 3.8) is 0 Å². The first-order chi connectivity index (χ1) is 69.9. The van der Waals surface area contributed by atoms with Gasteiger partial charge in [-0.05, 0) is 110 Å². The van der Waals surface area contributed by atoms with Gasteiger partial charge in [0.2, 0.25) is 0 Å². The molecule has 0 saturated carbocycles. The van der Waals surface area contributed by atoms with Gasteiger partial charge in [0.15, 0.2) is 57.5 Å². The monoisotopic (exact) mass is 2190 g/mol. The number of methoxy groups -OCH3 is 10. The summed E-state index contributed by atoms with van der Waals surface area (Å²) in [5.74, 6) is 10.1. The van der Waals surface area contributed by atoms with Crippen molar-refractivity contribution in [1.29, 1.82) is 0 Å². The van der Waals surface area contributed by atoms with Gasteiger partial charge < -0.3 is 115 Å². The van der Waals surface area contributed by atoms with Crippen LogP contribution in [0.2, 0.25) is 5.15 Å². The average molecular weight is 2190 g/mol. The number of nitro benzene ring substituents is 1. The van der Waals surface area contributed by atoms with Crippen LogP contribution in [0.1, 0.15) is 73.6 Å². The smallest absolute Gasteiger partial charge is 0.407 e. The number of anilines is 4. The molecule has 0 atom stereocenters. The molecule has 51 heteroatoms. The van der Waals surface area contributed by atoms with Gasteiger partial charge in [0.25, 0.3) is 15.9 Å². The molecule has 5 fully saturated rings. The zero-order chi connectivity index (χ0) is 106. The highest BCUT2D eigenvalue weighted by molar-refractivity contribution is 9.09. The van der Waals surface area contributed by atoms with E-state index < -0.39 is 31.0 Å². The van der Waals surface area contributed by atoms with Crippen molar-refractivity contribution in [3.8, 4) is 63.2 Å². The third kappa shape index (κ3) is 38.1. The number of carbonyl (C=O) groups excluding carboxylic acids is 2. The van der Waals surface area contributed by atoms with E-state index >= 15 is 0 Å². The lowest BCUT2D eigenvalue weighted by Gasteiger charge is -2.35. The number of halogens is 3. The van der Waals surface area contributed by atoms with Crippen LogP contribution in [-0.2, 0) is 34.8 Å². The maximum atomic E-state index is 11.8. The molecule has 5 aliphatic heterocycles. The first-order valence-electron chi connectivity index (χ1n) is 47.3. The summed E-state index contributed by atoms with van der Waals surface area (Å²) in [4.78, 5) is 91.8. The lowest BCUT2D eigenvalue weighted by molar-refractivity contribution is -0.384. The fourth-order valence-corrected chi connectivity index (χ4v) is 16.9. The molecule has 5 aromatic heterocycles. The quantitative estimate of drug-likeness (QED) is 0.00976. The number of benzene rings is 6. The maximum absolute atomic E-state index is 11.8. The molecule has 806 valence electrons. The Hall–Kier alpha value is -12.2. The minimum Gasteiger partial charge on any atom is -1.00 e. The van der Waals surface area contributed by atoms with Crippen LogP contribution in [0.3, 0.4) is 0 Å². The Bertz CT molecular complexity index is 6240. The zero-order valence-corrected chi connectivity index (χ0v) is 90.8. The summed E-state index contributed by atoms with van der Waals surface area (Å²) in [5, 5.41) is 34.9. The molecular formula is C96H138BrCl2N25O21S2. The summed E-state index contributed by atoms with van der Waals surface area (Å²) in [5.41, 5.74) is 7.04. The van der Waals surface area contributed by atoms with E-state index in [1.807, 2.05) is 90.1 Å². The number of alkyl carbamates (subject to hydrolysis) is 1. The number of nitrogens with one attached hydrogen (secondary N) is 4. The van der Waals surface area contributed by atoms with Crippen molar-refractivity contribution in [2.45, 2.75) is 84.8 Å². The Labute approximate surface area is 877 Å². The van der Waals surface area contributed by atoms with E-state index in [1.54, 1.807) is 109 Å². The van der Waals surface area contributed by atoms with E-state index in [9.17, 15) is 36.5 Å². The van der Waals surface area contributed by atoms with E-state index in [-0.39, 0.29) is 41.5 Å². The van der Waals surface area contributed by atoms with Crippen LogP contribution in [0.5, 0.6) is 63.2 Å². The predicted molar refractivity (Wildman–Crippen MR) is 565 cm³/mol. The van der Waals surface area contributed by atoms with Gasteiger partial charge in [0, 0.05) is 232 Å². The van der Waals surface area contributed by atoms with Crippen LogP contribution >= 0.6 is 27.5 Å². The molecule has 16 rings (SSSR count). The van der Waals surface area contributed by atoms with Gasteiger partial charge in [-0.25, -0.2) is 64.5 Å². The minimum absolute atomic E-state index is 0. The molecule has 0 unspecified atom stereocenters. The van der Waals surface area contributed by atoms with Crippen LogP contribution in [0.15, 0.2) is 117 Å². The summed E-state index contributed by atoms with van der Waals surface area (Å²) in [6.45, 7) is 32.7. The van der Waals surface area contributed by atoms with Gasteiger partial charge >= 0.3 is 22.4 Å². The summed E-state index contributed by atoms with van der Waals surface area (Å²) < 4.78 is 113. The van der Waals surface area contributed by atoms with Crippen molar-refractivity contribution in [2.75, 3.05) is 253 Å². The van der Waals surface area contributed by atoms with Crippen LogP contribution in [0, 0.1) is 10.1 Å². The Morgan fingerprint density at radius 3 is 1.05 bits per heavy atom. The number of esters is 1. The second kappa shape index (κ2) is 59.7. The van der Waals surface area contributed by atoms with Gasteiger partial charge in [-0.1, -0.05) is 27.5 Å². The molecule has 5 aliphatic rings. The second-order valence-electron chi connectivity index (χ2n) is 35.0. The van der Waals surface area contributed by atoms with Crippen molar-refractivity contribution in [2.24, 2.45) is 10.3 Å². The summed E-state index contributed by atoms with van der Waals surface area (Å²) in [6, 6.07) is 23.3.